The summed E-state index contributed by atoms with van der Waals surface area (Å²) in [6.07, 6.45) is 2.13. The summed E-state index contributed by atoms with van der Waals surface area (Å²) >= 11 is 0. The second-order valence-corrected chi connectivity index (χ2v) is 2.88. The van der Waals surface area contributed by atoms with Crippen molar-refractivity contribution in [1.82, 2.24) is 4.98 Å². The topological polar surface area (TPSA) is 43.1 Å². The first-order valence-corrected chi connectivity index (χ1v) is 4.47. The maximum Gasteiger partial charge on any atom is 0.223 e. The molecule has 0 fully saturated rings. The molecule has 2 rings (SSSR count). The Morgan fingerprint density at radius 2 is 1.81 bits per heavy atom. The fourth-order valence-corrected chi connectivity index (χ4v) is 0.783. The van der Waals surface area contributed by atoms with Crippen molar-refractivity contribution in [3.05, 3.63) is 64.5 Å². The molecule has 0 aliphatic carbocycles. The van der Waals surface area contributed by atoms with Crippen LogP contribution < -0.4 is 5.63 Å². The zero-order chi connectivity index (χ0) is 11.1. The quantitative estimate of drug-likeness (QED) is 0.696. The maximum atomic E-state index is 10.6. The number of nitrogens with zero attached hydrogens (tertiary/aromatic N) is 1. The Bertz CT molecular complexity index is 427. The van der Waals surface area contributed by atoms with Gasteiger partial charge in [0.1, 0.15) is 6.39 Å². The van der Waals surface area contributed by atoms with Crippen LogP contribution in [0.15, 0.2) is 39.5 Å². The Balaban J connectivity index is 0.000000283. The van der Waals surface area contributed by atoms with Gasteiger partial charge in [-0.3, -0.25) is 0 Å². The maximum absolute atomic E-state index is 10.6. The molecule has 4 heteroatoms. The zero-order valence-electron chi connectivity index (χ0n) is 9.23. The molecular formula is C12H11NO2Y-2. The summed E-state index contributed by atoms with van der Waals surface area (Å²) in [5.74, 6) is 0. The van der Waals surface area contributed by atoms with E-state index in [-0.39, 0.29) is 38.3 Å². The average Bonchev–Trinajstić information content (AvgIpc) is 2.29. The smallest absolute Gasteiger partial charge is 0.223 e. The van der Waals surface area contributed by atoms with E-state index in [9.17, 15) is 4.79 Å². The van der Waals surface area contributed by atoms with Gasteiger partial charge in [0.15, 0.2) is 0 Å². The fourth-order valence-electron chi connectivity index (χ4n) is 0.783. The zero-order valence-corrected chi connectivity index (χ0v) is 12.1. The van der Waals surface area contributed by atoms with Gasteiger partial charge in [-0.1, -0.05) is 25.1 Å². The van der Waals surface area contributed by atoms with Crippen molar-refractivity contribution in [1.29, 1.82) is 0 Å². The van der Waals surface area contributed by atoms with Crippen LogP contribution in [0.5, 0.6) is 0 Å². The first-order chi connectivity index (χ1) is 7.22. The minimum absolute atomic E-state index is 0. The Hall–Kier alpha value is -0.796. The predicted molar refractivity (Wildman–Crippen MR) is 56.4 cm³/mol. The first-order valence-electron chi connectivity index (χ1n) is 4.47. The molecule has 1 aromatic heterocycles. The molecule has 0 aliphatic heterocycles. The van der Waals surface area contributed by atoms with Crippen molar-refractivity contribution in [2.75, 3.05) is 0 Å². The van der Waals surface area contributed by atoms with Gasteiger partial charge >= 0.3 is 0 Å². The second kappa shape index (κ2) is 8.37. The van der Waals surface area contributed by atoms with Crippen LogP contribution in [0.1, 0.15) is 11.3 Å². The van der Waals surface area contributed by atoms with Crippen LogP contribution in [0.3, 0.4) is 0 Å². The van der Waals surface area contributed by atoms with Crippen molar-refractivity contribution >= 4 is 0 Å². The molecule has 1 heterocycles. The summed E-state index contributed by atoms with van der Waals surface area (Å²) in [7, 11) is 0. The van der Waals surface area contributed by atoms with E-state index >= 15 is 0 Å². The normalized spacial score (nSPS) is 8.38. The molecule has 0 amide bonds. The van der Waals surface area contributed by atoms with Gasteiger partial charge in [0.25, 0.3) is 0 Å². The minimum atomic E-state index is -0.359. The summed E-state index contributed by atoms with van der Waals surface area (Å²) in [4.78, 5) is 14.2. The van der Waals surface area contributed by atoms with E-state index in [2.05, 4.69) is 21.9 Å². The minimum Gasteiger partial charge on any atom is -0.534 e. The van der Waals surface area contributed by atoms with Gasteiger partial charge < -0.3 is 14.2 Å². The van der Waals surface area contributed by atoms with Gasteiger partial charge in [-0.15, -0.1) is 0 Å². The largest absolute Gasteiger partial charge is 0.534 e. The predicted octanol–water partition coefficient (Wildman–Crippen LogP) is 1.94. The van der Waals surface area contributed by atoms with Gasteiger partial charge in [0.2, 0.25) is 5.63 Å². The summed E-state index contributed by atoms with van der Waals surface area (Å²) in [5, 5.41) is 0. The molecule has 0 bridgehead atoms. The Labute approximate surface area is 120 Å². The van der Waals surface area contributed by atoms with Crippen molar-refractivity contribution < 1.29 is 37.1 Å². The van der Waals surface area contributed by atoms with E-state index in [0.29, 0.717) is 11.3 Å². The molecular weight excluding hydrogens is 279 g/mol. The van der Waals surface area contributed by atoms with Crippen LogP contribution in [0.25, 0.3) is 0 Å². The van der Waals surface area contributed by atoms with E-state index in [1.54, 1.807) is 13.8 Å². The number of hydrogen-bond acceptors (Lipinski definition) is 3. The molecule has 3 nitrogen and oxygen atoms in total. The molecule has 0 unspecified atom stereocenters. The first kappa shape index (κ1) is 15.2. The van der Waals surface area contributed by atoms with E-state index in [1.807, 2.05) is 30.3 Å². The van der Waals surface area contributed by atoms with Crippen molar-refractivity contribution in [2.24, 2.45) is 0 Å². The number of aryl methyl sites for hydroxylation is 1. The summed E-state index contributed by atoms with van der Waals surface area (Å²) in [6.45, 7) is 3.41. The number of benzene rings is 1. The molecule has 0 spiro atoms. The van der Waals surface area contributed by atoms with Crippen LogP contribution >= 0.6 is 0 Å². The van der Waals surface area contributed by atoms with Crippen molar-refractivity contribution in [3.8, 4) is 0 Å². The second-order valence-electron chi connectivity index (χ2n) is 2.88. The summed E-state index contributed by atoms with van der Waals surface area (Å²) in [5.41, 5.74) is 0.863. The molecule has 1 aromatic carbocycles. The summed E-state index contributed by atoms with van der Waals surface area (Å²) in [6, 6.07) is 12.5. The Morgan fingerprint density at radius 3 is 2.12 bits per heavy atom. The third kappa shape index (κ3) is 5.33. The molecule has 0 aliphatic rings. The fraction of sp³-hybridized carbons (Fsp3) is 0.167. The van der Waals surface area contributed by atoms with E-state index < -0.39 is 0 Å². The monoisotopic (exact) mass is 290 g/mol. The SMILES string of the molecule is Cc1n[c-]oc(=O)c1C.[Y].[c-]1ccccc1. The van der Waals surface area contributed by atoms with Gasteiger partial charge in [0.05, 0.1) is 0 Å². The van der Waals surface area contributed by atoms with Gasteiger partial charge in [-0.25, -0.2) is 0 Å². The van der Waals surface area contributed by atoms with E-state index in [0.717, 1.165) is 0 Å². The van der Waals surface area contributed by atoms with Crippen LogP contribution in [0.4, 0.5) is 0 Å². The molecule has 81 valence electrons. The molecule has 1 radical (unpaired) electrons. The Kier molecular flexibility index (Phi) is 7.95. The molecule has 0 saturated heterocycles. The number of rotatable bonds is 0. The van der Waals surface area contributed by atoms with Gasteiger partial charge in [-0.2, -0.15) is 36.4 Å². The van der Waals surface area contributed by atoms with Gasteiger partial charge in [-0.05, 0) is 0 Å². The molecule has 0 atom stereocenters. The van der Waals surface area contributed by atoms with E-state index in [4.69, 9.17) is 0 Å². The number of hydrogen-bond donors (Lipinski definition) is 0. The molecule has 0 N–H and O–H groups in total. The molecule has 16 heavy (non-hydrogen) atoms. The third-order valence-electron chi connectivity index (χ3n) is 1.81. The third-order valence-corrected chi connectivity index (χ3v) is 1.81. The van der Waals surface area contributed by atoms with Crippen LogP contribution in [0.2, 0.25) is 0 Å². The molecule has 0 saturated carbocycles. The van der Waals surface area contributed by atoms with E-state index in [1.165, 1.54) is 0 Å². The average molecular weight is 290 g/mol. The van der Waals surface area contributed by atoms with Crippen molar-refractivity contribution in [3.63, 3.8) is 0 Å². The summed E-state index contributed by atoms with van der Waals surface area (Å²) < 4.78 is 4.35. The van der Waals surface area contributed by atoms with Crippen molar-refractivity contribution in [2.45, 2.75) is 13.8 Å². The van der Waals surface area contributed by atoms with Crippen LogP contribution in [-0.4, -0.2) is 4.98 Å². The number of aromatic nitrogens is 1. The standard InChI is InChI=1S/C6H6NO2.C6H5.Y/c1-4-5(2)7-3-9-6(4)8;1-2-4-6-5-3-1;/h1-2H3;1-5H;/q2*-1;. The van der Waals surface area contributed by atoms with Crippen LogP contribution in [0, 0.1) is 26.3 Å². The van der Waals surface area contributed by atoms with Crippen LogP contribution in [-0.2, 0) is 32.7 Å². The Morgan fingerprint density at radius 1 is 1.19 bits per heavy atom. The van der Waals surface area contributed by atoms with Gasteiger partial charge in [0, 0.05) is 32.7 Å². The molecule has 2 aromatic rings.